The van der Waals surface area contributed by atoms with Gasteiger partial charge in [0.2, 0.25) is 27.7 Å². The second-order valence-electron chi connectivity index (χ2n) is 17.5. The fourth-order valence-electron chi connectivity index (χ4n) is 8.49. The first kappa shape index (κ1) is 43.6. The Morgan fingerprint density at radius 3 is 2.31 bits per heavy atom. The molecule has 2 aliphatic heterocycles. The van der Waals surface area contributed by atoms with Crippen LogP contribution < -0.4 is 19.5 Å². The Morgan fingerprint density at radius 2 is 1.66 bits per heavy atom. The summed E-state index contributed by atoms with van der Waals surface area (Å²) >= 11 is 0. The van der Waals surface area contributed by atoms with Gasteiger partial charge in [-0.3, -0.25) is 23.9 Å². The molecule has 3 heterocycles. The number of hydrogen-bond acceptors (Lipinski definition) is 9. The summed E-state index contributed by atoms with van der Waals surface area (Å²) in [5.41, 5.74) is -0.215. The van der Waals surface area contributed by atoms with E-state index in [1.165, 1.54) is 17.9 Å². The van der Waals surface area contributed by atoms with Crippen molar-refractivity contribution in [2.45, 2.75) is 115 Å². The summed E-state index contributed by atoms with van der Waals surface area (Å²) in [6, 6.07) is 15.9. The van der Waals surface area contributed by atoms with Gasteiger partial charge in [-0.2, -0.15) is 0 Å². The van der Waals surface area contributed by atoms with E-state index < -0.39 is 56.1 Å². The third-order valence-corrected chi connectivity index (χ3v) is 13.9. The molecule has 1 aliphatic carbocycles. The average molecular weight is 830 g/mol. The van der Waals surface area contributed by atoms with E-state index in [1.807, 2.05) is 80.3 Å². The molecule has 59 heavy (non-hydrogen) atoms. The first-order chi connectivity index (χ1) is 28.0. The van der Waals surface area contributed by atoms with Gasteiger partial charge in [0.25, 0.3) is 5.91 Å². The lowest BCUT2D eigenvalue weighted by Crippen LogP contribution is -2.61. The number of carbonyl (C=O) groups is 4. The van der Waals surface area contributed by atoms with E-state index in [-0.39, 0.29) is 37.6 Å². The molecule has 0 bridgehead atoms. The van der Waals surface area contributed by atoms with Gasteiger partial charge in [-0.15, -0.1) is 6.58 Å². The smallest absolute Gasteiger partial charge is 0.259 e. The summed E-state index contributed by atoms with van der Waals surface area (Å²) in [5.74, 6) is -1.66. The first-order valence-electron chi connectivity index (χ1n) is 20.8. The third kappa shape index (κ3) is 10.1. The van der Waals surface area contributed by atoms with Crippen LogP contribution in [-0.4, -0.2) is 96.5 Å². The first-order valence-corrected chi connectivity index (χ1v) is 22.4. The summed E-state index contributed by atoms with van der Waals surface area (Å²) in [7, 11) is -2.41. The summed E-state index contributed by atoms with van der Waals surface area (Å²) in [4.78, 5) is 65.2. The van der Waals surface area contributed by atoms with Crippen LogP contribution in [0.1, 0.15) is 91.9 Å². The summed E-state index contributed by atoms with van der Waals surface area (Å²) in [6.07, 6.45) is 6.02. The number of amides is 4. The van der Waals surface area contributed by atoms with Crippen LogP contribution in [0.2, 0.25) is 0 Å². The Bertz CT molecular complexity index is 2140. The van der Waals surface area contributed by atoms with Crippen molar-refractivity contribution < 1.29 is 37.1 Å². The second-order valence-corrected chi connectivity index (χ2v) is 19.5. The monoisotopic (exact) mass is 829 g/mol. The number of hydrogen-bond donors (Lipinski definition) is 2. The molecule has 318 valence electrons. The van der Waals surface area contributed by atoms with Gasteiger partial charge in [0.15, 0.2) is 0 Å². The molecule has 3 aromatic rings. The number of likely N-dealkylation sites (tertiary alicyclic amines) is 2. The Kier molecular flexibility index (Phi) is 13.4. The zero-order valence-corrected chi connectivity index (χ0v) is 35.8. The van der Waals surface area contributed by atoms with Gasteiger partial charge in [0.05, 0.1) is 36.0 Å². The molecule has 1 saturated carbocycles. The number of nitrogens with zero attached hydrogens (tertiary/aromatic N) is 3. The van der Waals surface area contributed by atoms with Crippen molar-refractivity contribution >= 4 is 44.6 Å². The number of rotatable bonds is 14. The molecular formula is C45H59N5O8S. The fourth-order valence-corrected chi connectivity index (χ4v) is 10.1. The Balaban J connectivity index is 1.34. The molecule has 13 nitrogen and oxygen atoms in total. The van der Waals surface area contributed by atoms with Crippen molar-refractivity contribution in [1.82, 2.24) is 24.8 Å². The predicted octanol–water partition coefficient (Wildman–Crippen LogP) is 6.16. The van der Waals surface area contributed by atoms with Crippen LogP contribution in [0.3, 0.4) is 0 Å². The topological polar surface area (TPSA) is 164 Å². The maximum Gasteiger partial charge on any atom is 0.259 e. The maximum absolute atomic E-state index is 14.9. The van der Waals surface area contributed by atoms with Crippen molar-refractivity contribution in [1.29, 1.82) is 0 Å². The molecule has 0 radical (unpaired) electrons. The highest BCUT2D eigenvalue weighted by Gasteiger charge is 2.48. The standard InChI is InChI=1S/C45H59N5O8S/c1-7-22-45(5,43(54)48-59(55,56)33-18-12-13-19-33)47-41(52)38-26-32(29-50(38)42(53)35(44(2,3)4)27-40(51)49-23-14-9-15-24-49)58-39-28-36(30-16-10-8-11-17-30)46-37-25-31(57-6)20-21-34(37)39/h7-8,10-11,16-17,20-21,25,28,32-33,35,38H,1,9,12-15,18-19,22-24,26-27,29H2,2-6H3,(H,47,52)(H,48,54)/t32-,35-,38+,45-/m1/s1. The molecule has 14 heteroatoms. The predicted molar refractivity (Wildman–Crippen MR) is 227 cm³/mol. The van der Waals surface area contributed by atoms with Gasteiger partial charge < -0.3 is 24.6 Å². The van der Waals surface area contributed by atoms with Crippen LogP contribution in [-0.2, 0) is 29.2 Å². The zero-order chi connectivity index (χ0) is 42.5. The second kappa shape index (κ2) is 18.1. The fraction of sp³-hybridized carbons (Fsp3) is 0.533. The van der Waals surface area contributed by atoms with Crippen LogP contribution >= 0.6 is 0 Å². The SMILES string of the molecule is C=CC[C@@](C)(NC(=O)[C@@H]1C[C@@H](Oc2cc(-c3ccccc3)nc3cc(OC)ccc23)CN1C(=O)[C@@H](CC(=O)N1CCCCC1)C(C)(C)C)C(=O)NS(=O)(=O)C1CCCC1. The van der Waals surface area contributed by atoms with Crippen LogP contribution in [0, 0.1) is 11.3 Å². The maximum atomic E-state index is 14.9. The third-order valence-electron chi connectivity index (χ3n) is 12.1. The Morgan fingerprint density at radius 1 is 0.966 bits per heavy atom. The molecule has 4 amide bonds. The van der Waals surface area contributed by atoms with Crippen LogP contribution in [0.5, 0.6) is 11.5 Å². The highest BCUT2D eigenvalue weighted by atomic mass is 32.2. The molecule has 6 rings (SSSR count). The Labute approximate surface area is 348 Å². The molecule has 3 aliphatic rings. The van der Waals surface area contributed by atoms with Gasteiger partial charge in [-0.1, -0.05) is 70.0 Å². The van der Waals surface area contributed by atoms with Crippen molar-refractivity contribution in [3.63, 3.8) is 0 Å². The van der Waals surface area contributed by atoms with E-state index in [0.29, 0.717) is 54.0 Å². The molecule has 0 spiro atoms. The molecule has 2 saturated heterocycles. The van der Waals surface area contributed by atoms with Gasteiger partial charge >= 0.3 is 0 Å². The summed E-state index contributed by atoms with van der Waals surface area (Å²) in [5, 5.41) is 2.84. The van der Waals surface area contributed by atoms with Crippen LogP contribution in [0.15, 0.2) is 67.3 Å². The number of sulfonamides is 1. The molecule has 1 aromatic heterocycles. The molecular weight excluding hydrogens is 771 g/mol. The quantitative estimate of drug-likeness (QED) is 0.181. The highest BCUT2D eigenvalue weighted by molar-refractivity contribution is 7.90. The van der Waals surface area contributed by atoms with Gasteiger partial charge in [-0.05, 0) is 63.0 Å². The van der Waals surface area contributed by atoms with E-state index >= 15 is 0 Å². The van der Waals surface area contributed by atoms with Crippen molar-refractivity contribution in [3.8, 4) is 22.8 Å². The zero-order valence-electron chi connectivity index (χ0n) is 35.0. The molecule has 2 aromatic carbocycles. The minimum absolute atomic E-state index is 0.0163. The molecule has 2 N–H and O–H groups in total. The number of aromatic nitrogens is 1. The number of ether oxygens (including phenoxy) is 2. The van der Waals surface area contributed by atoms with Gasteiger partial charge in [0, 0.05) is 49.0 Å². The van der Waals surface area contributed by atoms with E-state index in [2.05, 4.69) is 16.6 Å². The summed E-state index contributed by atoms with van der Waals surface area (Å²) in [6.45, 7) is 12.3. The number of methoxy groups -OCH3 is 1. The molecule has 0 unspecified atom stereocenters. The van der Waals surface area contributed by atoms with Crippen molar-refractivity contribution in [2.75, 3.05) is 26.7 Å². The molecule has 3 fully saturated rings. The highest BCUT2D eigenvalue weighted by Crippen LogP contribution is 2.38. The lowest BCUT2D eigenvalue weighted by molar-refractivity contribution is -0.149. The number of nitrogens with one attached hydrogen (secondary N) is 2. The van der Waals surface area contributed by atoms with Gasteiger partial charge in [0.1, 0.15) is 29.2 Å². The summed E-state index contributed by atoms with van der Waals surface area (Å²) < 4.78 is 41.0. The van der Waals surface area contributed by atoms with E-state index in [9.17, 15) is 27.6 Å². The number of piperidine rings is 1. The van der Waals surface area contributed by atoms with Crippen molar-refractivity contribution in [2.24, 2.45) is 11.3 Å². The number of fused-ring (bicyclic) bond motifs is 1. The Hall–Kier alpha value is -4.98. The average Bonchev–Trinajstić information content (AvgIpc) is 3.92. The molecule has 4 atom stereocenters. The number of carbonyl (C=O) groups excluding carboxylic acids is 4. The van der Waals surface area contributed by atoms with E-state index in [4.69, 9.17) is 14.5 Å². The minimum Gasteiger partial charge on any atom is -0.497 e. The van der Waals surface area contributed by atoms with Gasteiger partial charge in [-0.25, -0.2) is 13.4 Å². The van der Waals surface area contributed by atoms with Crippen molar-refractivity contribution in [3.05, 3.63) is 67.3 Å². The van der Waals surface area contributed by atoms with E-state index in [1.54, 1.807) is 7.11 Å². The van der Waals surface area contributed by atoms with Crippen LogP contribution in [0.4, 0.5) is 0 Å². The van der Waals surface area contributed by atoms with Crippen LogP contribution in [0.25, 0.3) is 22.2 Å². The largest absolute Gasteiger partial charge is 0.497 e. The normalized spacial score (nSPS) is 20.4. The number of benzene rings is 2. The minimum atomic E-state index is -4.00. The van der Waals surface area contributed by atoms with E-state index in [0.717, 1.165) is 37.7 Å². The lowest BCUT2D eigenvalue weighted by atomic mass is 9.77. The number of pyridine rings is 1. The lowest BCUT2D eigenvalue weighted by Gasteiger charge is -2.37.